The van der Waals surface area contributed by atoms with Crippen LogP contribution in [0.1, 0.15) is 151 Å². The lowest BCUT2D eigenvalue weighted by Crippen LogP contribution is -1.97. The lowest BCUT2D eigenvalue weighted by Gasteiger charge is -2.13. The van der Waals surface area contributed by atoms with Crippen LogP contribution in [-0.2, 0) is 0 Å². The molecule has 0 heterocycles. The molecule has 58 heavy (non-hydrogen) atoms. The molecule has 0 fully saturated rings. The Hall–Kier alpha value is -4.76. The van der Waals surface area contributed by atoms with Crippen molar-refractivity contribution in [3.8, 4) is 35.1 Å². The highest BCUT2D eigenvalue weighted by molar-refractivity contribution is 5.93. The molecule has 314 valence electrons. The second kappa shape index (κ2) is 30.3. The van der Waals surface area contributed by atoms with Crippen molar-refractivity contribution < 1.29 is 29.2 Å². The molecule has 0 aliphatic heterocycles. The maximum atomic E-state index is 10.1. The van der Waals surface area contributed by atoms with E-state index in [0.717, 1.165) is 74.0 Å². The Kier molecular flexibility index (Phi) is 24.9. The standard InChI is InChI=1S/C50H68N2O6/c1-55-49-37-44(36-46(40-52)42-25-29-48(30-26-42)58-34-22-18-14-10-6-4-8-12-16-20-32-54)50(56-2)38-43(49)35-45(39-51)41-23-27-47(28-24-41)57-33-21-17-13-9-5-3-7-11-15-19-31-53/h23-30,35-38,53-54H,3-22,31-34H2,1-2H3. The zero-order chi connectivity index (χ0) is 41.5. The van der Waals surface area contributed by atoms with E-state index in [9.17, 15) is 10.5 Å². The van der Waals surface area contributed by atoms with Gasteiger partial charge in [-0.25, -0.2) is 0 Å². The Morgan fingerprint density at radius 1 is 0.466 bits per heavy atom. The minimum Gasteiger partial charge on any atom is -0.496 e. The van der Waals surface area contributed by atoms with Crippen molar-refractivity contribution in [1.82, 2.24) is 0 Å². The number of hydrogen-bond acceptors (Lipinski definition) is 8. The molecule has 2 N–H and O–H groups in total. The molecule has 0 aliphatic rings. The van der Waals surface area contributed by atoms with Gasteiger partial charge in [0.05, 0.1) is 50.7 Å². The van der Waals surface area contributed by atoms with Crippen LogP contribution in [0.3, 0.4) is 0 Å². The Labute approximate surface area is 349 Å². The largest absolute Gasteiger partial charge is 0.496 e. The number of rotatable bonds is 32. The zero-order valence-electron chi connectivity index (χ0n) is 35.3. The van der Waals surface area contributed by atoms with Crippen LogP contribution in [0.2, 0.25) is 0 Å². The SMILES string of the molecule is COc1cc(C=C(C#N)c2ccc(OCCCCCCCCCCCCO)cc2)c(OC)cc1C=C(C#N)c1ccc(OCCCCCCCCCCCCO)cc1. The van der Waals surface area contributed by atoms with E-state index in [1.54, 1.807) is 26.4 Å². The number of methoxy groups -OCH3 is 2. The van der Waals surface area contributed by atoms with Gasteiger partial charge in [-0.05, 0) is 110 Å². The first kappa shape index (κ1) is 47.6. The molecule has 0 aliphatic carbocycles. The third kappa shape index (κ3) is 18.7. The van der Waals surface area contributed by atoms with Gasteiger partial charge in [-0.1, -0.05) is 103 Å². The van der Waals surface area contributed by atoms with Crippen LogP contribution in [0, 0.1) is 22.7 Å². The monoisotopic (exact) mass is 793 g/mol. The van der Waals surface area contributed by atoms with Gasteiger partial charge in [-0.15, -0.1) is 0 Å². The quantitative estimate of drug-likeness (QED) is 0.0364. The lowest BCUT2D eigenvalue weighted by molar-refractivity contribution is 0.282. The molecular formula is C50H68N2O6. The molecule has 8 nitrogen and oxygen atoms in total. The number of ether oxygens (including phenoxy) is 4. The first-order valence-electron chi connectivity index (χ1n) is 21.7. The molecule has 0 saturated carbocycles. The molecule has 0 saturated heterocycles. The minimum atomic E-state index is 0.308. The van der Waals surface area contributed by atoms with Crippen molar-refractivity contribution in [2.75, 3.05) is 40.6 Å². The summed E-state index contributed by atoms with van der Waals surface area (Å²) in [6.45, 7) is 1.95. The van der Waals surface area contributed by atoms with Gasteiger partial charge < -0.3 is 29.2 Å². The van der Waals surface area contributed by atoms with E-state index in [2.05, 4.69) is 12.1 Å². The molecule has 0 amide bonds. The van der Waals surface area contributed by atoms with E-state index >= 15 is 0 Å². The second-order valence-corrected chi connectivity index (χ2v) is 14.9. The molecule has 3 aromatic rings. The predicted molar refractivity (Wildman–Crippen MR) is 237 cm³/mol. The number of allylic oxidation sites excluding steroid dienone is 2. The van der Waals surface area contributed by atoms with Crippen LogP contribution >= 0.6 is 0 Å². The fourth-order valence-corrected chi connectivity index (χ4v) is 6.94. The van der Waals surface area contributed by atoms with E-state index in [-0.39, 0.29) is 0 Å². The topological polar surface area (TPSA) is 125 Å². The van der Waals surface area contributed by atoms with Crippen LogP contribution in [0.25, 0.3) is 23.3 Å². The first-order valence-corrected chi connectivity index (χ1v) is 21.7. The number of hydrogen-bond donors (Lipinski definition) is 2. The highest BCUT2D eigenvalue weighted by Gasteiger charge is 2.13. The average Bonchev–Trinajstić information content (AvgIpc) is 3.26. The van der Waals surface area contributed by atoms with Gasteiger partial charge >= 0.3 is 0 Å². The van der Waals surface area contributed by atoms with Gasteiger partial charge in [0.15, 0.2) is 0 Å². The average molecular weight is 793 g/mol. The fourth-order valence-electron chi connectivity index (χ4n) is 6.94. The van der Waals surface area contributed by atoms with Crippen molar-refractivity contribution in [3.05, 3.63) is 82.9 Å². The molecule has 8 heteroatoms. The predicted octanol–water partition coefficient (Wildman–Crippen LogP) is 12.4. The Morgan fingerprint density at radius 2 is 0.759 bits per heavy atom. The first-order chi connectivity index (χ1) is 28.6. The van der Waals surface area contributed by atoms with Crippen LogP contribution in [-0.4, -0.2) is 50.9 Å². The summed E-state index contributed by atoms with van der Waals surface area (Å²) in [6, 6.07) is 23.5. The summed E-state index contributed by atoms with van der Waals surface area (Å²) in [5, 5.41) is 38.0. The van der Waals surface area contributed by atoms with Crippen molar-refractivity contribution in [2.24, 2.45) is 0 Å². The van der Waals surface area contributed by atoms with E-state index in [1.807, 2.05) is 60.7 Å². The third-order valence-corrected chi connectivity index (χ3v) is 10.4. The summed E-state index contributed by atoms with van der Waals surface area (Å²) in [7, 11) is 3.17. The van der Waals surface area contributed by atoms with Gasteiger partial charge in [0, 0.05) is 24.3 Å². The molecule has 0 unspecified atom stereocenters. The molecule has 0 radical (unpaired) electrons. The number of aliphatic hydroxyl groups excluding tert-OH is 2. The smallest absolute Gasteiger partial charge is 0.126 e. The summed E-state index contributed by atoms with van der Waals surface area (Å²) in [6.07, 6.45) is 27.1. The normalized spacial score (nSPS) is 11.6. The molecule has 0 bridgehead atoms. The van der Waals surface area contributed by atoms with Crippen LogP contribution in [0.4, 0.5) is 0 Å². The summed E-state index contributed by atoms with van der Waals surface area (Å²) in [5.74, 6) is 2.66. The lowest BCUT2D eigenvalue weighted by atomic mass is 9.99. The summed E-state index contributed by atoms with van der Waals surface area (Å²) in [5.41, 5.74) is 3.84. The second-order valence-electron chi connectivity index (χ2n) is 14.9. The van der Waals surface area contributed by atoms with Gasteiger partial charge in [0.25, 0.3) is 0 Å². The Balaban J connectivity index is 1.52. The molecule has 0 spiro atoms. The number of nitriles is 2. The Bertz CT molecular complexity index is 1570. The highest BCUT2D eigenvalue weighted by Crippen LogP contribution is 2.35. The van der Waals surface area contributed by atoms with E-state index < -0.39 is 0 Å². The number of benzene rings is 3. The summed E-state index contributed by atoms with van der Waals surface area (Å²) < 4.78 is 23.5. The zero-order valence-corrected chi connectivity index (χ0v) is 35.3. The van der Waals surface area contributed by atoms with Crippen molar-refractivity contribution in [1.29, 1.82) is 10.5 Å². The van der Waals surface area contributed by atoms with Gasteiger partial charge in [-0.2, -0.15) is 10.5 Å². The maximum Gasteiger partial charge on any atom is 0.126 e. The van der Waals surface area contributed by atoms with Crippen LogP contribution < -0.4 is 18.9 Å². The van der Waals surface area contributed by atoms with Crippen molar-refractivity contribution in [2.45, 2.75) is 128 Å². The maximum absolute atomic E-state index is 10.1. The fraction of sp³-hybridized carbons (Fsp3) is 0.520. The van der Waals surface area contributed by atoms with E-state index in [0.29, 0.717) is 60.2 Å². The third-order valence-electron chi connectivity index (χ3n) is 10.4. The van der Waals surface area contributed by atoms with Crippen LogP contribution in [0.15, 0.2) is 60.7 Å². The molecule has 3 rings (SSSR count). The van der Waals surface area contributed by atoms with Gasteiger partial charge in [0.1, 0.15) is 23.0 Å². The van der Waals surface area contributed by atoms with Crippen molar-refractivity contribution in [3.63, 3.8) is 0 Å². The Morgan fingerprint density at radius 3 is 1.03 bits per heavy atom. The summed E-state index contributed by atoms with van der Waals surface area (Å²) in [4.78, 5) is 0. The van der Waals surface area contributed by atoms with Gasteiger partial charge in [0.2, 0.25) is 0 Å². The number of aliphatic hydroxyl groups is 2. The molecule has 0 aromatic heterocycles. The molecular weight excluding hydrogens is 725 g/mol. The van der Waals surface area contributed by atoms with E-state index in [1.165, 1.54) is 77.0 Å². The van der Waals surface area contributed by atoms with E-state index in [4.69, 9.17) is 29.2 Å². The number of unbranched alkanes of at least 4 members (excludes halogenated alkanes) is 18. The summed E-state index contributed by atoms with van der Waals surface area (Å²) >= 11 is 0. The molecule has 3 aromatic carbocycles. The van der Waals surface area contributed by atoms with Gasteiger partial charge in [-0.3, -0.25) is 0 Å². The minimum absolute atomic E-state index is 0.308. The van der Waals surface area contributed by atoms with Crippen molar-refractivity contribution >= 4 is 23.3 Å². The molecule has 0 atom stereocenters. The highest BCUT2D eigenvalue weighted by atomic mass is 16.5. The van der Waals surface area contributed by atoms with Crippen LogP contribution in [0.5, 0.6) is 23.0 Å². The number of nitrogens with zero attached hydrogens (tertiary/aromatic N) is 2.